The third-order valence-corrected chi connectivity index (χ3v) is 1.92. The number of rotatable bonds is 2. The molecule has 0 amide bonds. The van der Waals surface area contributed by atoms with Crippen molar-refractivity contribution < 1.29 is 0 Å². The molecule has 0 aliphatic rings. The van der Waals surface area contributed by atoms with Crippen molar-refractivity contribution in [2.24, 2.45) is 5.73 Å². The number of pyridine rings is 1. The maximum absolute atomic E-state index is 5.57. The van der Waals surface area contributed by atoms with Crippen LogP contribution in [0.4, 0.5) is 5.82 Å². The molecule has 0 fully saturated rings. The van der Waals surface area contributed by atoms with Crippen molar-refractivity contribution in [3.8, 4) is 0 Å². The largest absolute Gasteiger partial charge is 0.389 e. The van der Waals surface area contributed by atoms with Gasteiger partial charge in [0, 0.05) is 19.8 Å². The summed E-state index contributed by atoms with van der Waals surface area (Å²) in [6, 6.07) is 3.81. The second-order valence-corrected chi connectivity index (χ2v) is 3.52. The number of aromatic nitrogens is 1. The SMILES string of the molecule is Cc1ccc(C(N)=S)c(N(C)C)n1. The second-order valence-electron chi connectivity index (χ2n) is 3.08. The molecule has 0 aliphatic heterocycles. The van der Waals surface area contributed by atoms with Crippen LogP contribution in [0.1, 0.15) is 11.3 Å². The van der Waals surface area contributed by atoms with Gasteiger partial charge >= 0.3 is 0 Å². The standard InChI is InChI=1S/C9H13N3S/c1-6-4-5-7(8(10)13)9(11-6)12(2)3/h4-5H,1-3H3,(H2,10,13). The van der Waals surface area contributed by atoms with Crippen molar-refractivity contribution in [2.75, 3.05) is 19.0 Å². The summed E-state index contributed by atoms with van der Waals surface area (Å²) < 4.78 is 0. The first-order valence-corrected chi connectivity index (χ1v) is 4.38. The van der Waals surface area contributed by atoms with Crippen molar-refractivity contribution in [3.63, 3.8) is 0 Å². The third-order valence-electron chi connectivity index (χ3n) is 1.70. The Bertz CT molecular complexity index is 334. The lowest BCUT2D eigenvalue weighted by Crippen LogP contribution is -2.19. The molecule has 1 aromatic heterocycles. The maximum atomic E-state index is 5.57. The molecule has 2 N–H and O–H groups in total. The fourth-order valence-corrected chi connectivity index (χ4v) is 1.24. The molecule has 0 radical (unpaired) electrons. The zero-order valence-corrected chi connectivity index (χ0v) is 8.85. The summed E-state index contributed by atoms with van der Waals surface area (Å²) in [6.07, 6.45) is 0. The van der Waals surface area contributed by atoms with Crippen molar-refractivity contribution in [1.82, 2.24) is 4.98 Å². The van der Waals surface area contributed by atoms with E-state index in [9.17, 15) is 0 Å². The predicted octanol–water partition coefficient (Wildman–Crippen LogP) is 1.09. The van der Waals surface area contributed by atoms with E-state index in [0.717, 1.165) is 17.1 Å². The molecule has 0 atom stereocenters. The molecule has 0 aromatic carbocycles. The molecule has 1 heterocycles. The summed E-state index contributed by atoms with van der Waals surface area (Å²) in [7, 11) is 3.84. The molecule has 70 valence electrons. The average molecular weight is 195 g/mol. The minimum atomic E-state index is 0.385. The van der Waals surface area contributed by atoms with Gasteiger partial charge < -0.3 is 10.6 Å². The van der Waals surface area contributed by atoms with E-state index in [4.69, 9.17) is 18.0 Å². The molecule has 0 aliphatic carbocycles. The van der Waals surface area contributed by atoms with Gasteiger partial charge in [-0.15, -0.1) is 0 Å². The van der Waals surface area contributed by atoms with Gasteiger partial charge in [0.2, 0.25) is 0 Å². The minimum absolute atomic E-state index is 0.385. The molecule has 0 spiro atoms. The number of aryl methyl sites for hydroxylation is 1. The predicted molar refractivity (Wildman–Crippen MR) is 59.2 cm³/mol. The van der Waals surface area contributed by atoms with Crippen LogP contribution >= 0.6 is 12.2 Å². The quantitative estimate of drug-likeness (QED) is 0.717. The Hall–Kier alpha value is -1.16. The molecular weight excluding hydrogens is 182 g/mol. The summed E-state index contributed by atoms with van der Waals surface area (Å²) in [4.78, 5) is 6.64. The highest BCUT2D eigenvalue weighted by atomic mass is 32.1. The van der Waals surface area contributed by atoms with E-state index >= 15 is 0 Å². The van der Waals surface area contributed by atoms with Crippen LogP contribution in [0.15, 0.2) is 12.1 Å². The fraction of sp³-hybridized carbons (Fsp3) is 0.333. The lowest BCUT2D eigenvalue weighted by molar-refractivity contribution is 1.04. The van der Waals surface area contributed by atoms with Crippen LogP contribution in [0.3, 0.4) is 0 Å². The Morgan fingerprint density at radius 2 is 2.08 bits per heavy atom. The Morgan fingerprint density at radius 1 is 1.46 bits per heavy atom. The first-order chi connectivity index (χ1) is 6.02. The maximum Gasteiger partial charge on any atom is 0.138 e. The van der Waals surface area contributed by atoms with Gasteiger partial charge in [0.05, 0.1) is 5.56 Å². The molecule has 1 rings (SSSR count). The molecule has 13 heavy (non-hydrogen) atoms. The van der Waals surface area contributed by atoms with Crippen molar-refractivity contribution in [2.45, 2.75) is 6.92 Å². The van der Waals surface area contributed by atoms with E-state index in [2.05, 4.69) is 4.98 Å². The van der Waals surface area contributed by atoms with Crippen molar-refractivity contribution >= 4 is 23.0 Å². The summed E-state index contributed by atoms with van der Waals surface area (Å²) in [5.41, 5.74) is 7.35. The monoisotopic (exact) mass is 195 g/mol. The average Bonchev–Trinajstić information content (AvgIpc) is 2.03. The van der Waals surface area contributed by atoms with E-state index in [1.165, 1.54) is 0 Å². The molecule has 4 heteroatoms. The van der Waals surface area contributed by atoms with Gasteiger partial charge in [-0.05, 0) is 19.1 Å². The zero-order chi connectivity index (χ0) is 10.0. The summed E-state index contributed by atoms with van der Waals surface area (Å²) in [5.74, 6) is 0.826. The number of nitrogens with zero attached hydrogens (tertiary/aromatic N) is 2. The fourth-order valence-electron chi connectivity index (χ4n) is 1.08. The Balaban J connectivity index is 3.26. The molecule has 3 nitrogen and oxygen atoms in total. The van der Waals surface area contributed by atoms with E-state index in [1.807, 2.05) is 38.1 Å². The smallest absolute Gasteiger partial charge is 0.138 e. The first-order valence-electron chi connectivity index (χ1n) is 3.97. The molecule has 0 saturated heterocycles. The molecular formula is C9H13N3S. The van der Waals surface area contributed by atoms with Gasteiger partial charge in [-0.1, -0.05) is 12.2 Å². The van der Waals surface area contributed by atoms with Gasteiger partial charge in [0.25, 0.3) is 0 Å². The van der Waals surface area contributed by atoms with Crippen LogP contribution in [-0.4, -0.2) is 24.1 Å². The minimum Gasteiger partial charge on any atom is -0.389 e. The summed E-state index contributed by atoms with van der Waals surface area (Å²) in [5, 5.41) is 0. The Morgan fingerprint density at radius 3 is 2.54 bits per heavy atom. The number of thiocarbonyl (C=S) groups is 1. The van der Waals surface area contributed by atoms with E-state index < -0.39 is 0 Å². The highest BCUT2D eigenvalue weighted by Crippen LogP contribution is 2.15. The first kappa shape index (κ1) is 9.92. The summed E-state index contributed by atoms with van der Waals surface area (Å²) >= 11 is 4.92. The van der Waals surface area contributed by atoms with Crippen LogP contribution in [-0.2, 0) is 0 Å². The van der Waals surface area contributed by atoms with Crippen LogP contribution < -0.4 is 10.6 Å². The summed E-state index contributed by atoms with van der Waals surface area (Å²) in [6.45, 7) is 1.94. The van der Waals surface area contributed by atoms with Gasteiger partial charge in [-0.25, -0.2) is 4.98 Å². The Labute approximate surface area is 83.6 Å². The van der Waals surface area contributed by atoms with Gasteiger partial charge in [-0.2, -0.15) is 0 Å². The van der Waals surface area contributed by atoms with Gasteiger partial charge in [-0.3, -0.25) is 0 Å². The van der Waals surface area contributed by atoms with Crippen molar-refractivity contribution in [3.05, 3.63) is 23.4 Å². The number of anilines is 1. The number of nitrogens with two attached hydrogens (primary N) is 1. The van der Waals surface area contributed by atoms with Crippen LogP contribution in [0.5, 0.6) is 0 Å². The lowest BCUT2D eigenvalue weighted by Gasteiger charge is -2.15. The lowest BCUT2D eigenvalue weighted by atomic mass is 10.2. The normalized spacial score (nSPS) is 9.77. The molecule has 0 saturated carbocycles. The topological polar surface area (TPSA) is 42.1 Å². The molecule has 1 aromatic rings. The Kier molecular flexibility index (Phi) is 2.83. The molecule has 0 unspecified atom stereocenters. The van der Waals surface area contributed by atoms with Crippen LogP contribution in [0, 0.1) is 6.92 Å². The second kappa shape index (κ2) is 3.70. The molecule has 0 bridgehead atoms. The highest BCUT2D eigenvalue weighted by molar-refractivity contribution is 7.80. The number of hydrogen-bond acceptors (Lipinski definition) is 3. The van der Waals surface area contributed by atoms with E-state index in [-0.39, 0.29) is 0 Å². The van der Waals surface area contributed by atoms with E-state index in [0.29, 0.717) is 4.99 Å². The van der Waals surface area contributed by atoms with Crippen LogP contribution in [0.2, 0.25) is 0 Å². The zero-order valence-electron chi connectivity index (χ0n) is 8.03. The van der Waals surface area contributed by atoms with Gasteiger partial charge in [0.15, 0.2) is 0 Å². The highest BCUT2D eigenvalue weighted by Gasteiger charge is 2.08. The third kappa shape index (κ3) is 2.15. The number of hydrogen-bond donors (Lipinski definition) is 1. The van der Waals surface area contributed by atoms with Gasteiger partial charge in [0.1, 0.15) is 10.8 Å². The van der Waals surface area contributed by atoms with Crippen molar-refractivity contribution in [1.29, 1.82) is 0 Å². The van der Waals surface area contributed by atoms with Crippen LogP contribution in [0.25, 0.3) is 0 Å². The van der Waals surface area contributed by atoms with E-state index in [1.54, 1.807) is 0 Å².